The first-order valence-corrected chi connectivity index (χ1v) is 9.05. The molecular formula is C21H26O3. The maximum Gasteiger partial charge on any atom is 0.165 e. The van der Waals surface area contributed by atoms with Crippen LogP contribution in [0.3, 0.4) is 0 Å². The maximum atomic E-state index is 12.6. The number of hydrogen-bond donors (Lipinski definition) is 0. The third-order valence-electron chi connectivity index (χ3n) is 4.62. The average molecular weight is 326 g/mol. The molecule has 1 saturated heterocycles. The first kappa shape index (κ1) is 17.1. The van der Waals surface area contributed by atoms with Crippen LogP contribution >= 0.6 is 0 Å². The molecule has 0 unspecified atom stereocenters. The lowest BCUT2D eigenvalue weighted by atomic mass is 10.00. The van der Waals surface area contributed by atoms with Gasteiger partial charge in [0.2, 0.25) is 0 Å². The monoisotopic (exact) mass is 326 g/mol. The van der Waals surface area contributed by atoms with E-state index in [0.717, 1.165) is 35.6 Å². The van der Waals surface area contributed by atoms with Crippen LogP contribution in [0, 0.1) is 0 Å². The Balaban J connectivity index is 1.58. The molecule has 2 atom stereocenters. The molecular weight excluding hydrogens is 300 g/mol. The van der Waals surface area contributed by atoms with Gasteiger partial charge in [-0.25, -0.2) is 0 Å². The second kappa shape index (κ2) is 8.41. The number of benzene rings is 2. The number of carbonyl (C=O) groups is 1. The van der Waals surface area contributed by atoms with Crippen molar-refractivity contribution in [1.82, 2.24) is 0 Å². The molecule has 0 N–H and O–H groups in total. The number of unbranched alkanes of at least 4 members (excludes halogenated alkanes) is 2. The molecule has 0 aromatic heterocycles. The van der Waals surface area contributed by atoms with Gasteiger partial charge in [-0.1, -0.05) is 56.2 Å². The molecule has 3 rings (SSSR count). The third-order valence-corrected chi connectivity index (χ3v) is 4.62. The van der Waals surface area contributed by atoms with Crippen LogP contribution in [0.5, 0.6) is 0 Å². The molecule has 2 aromatic carbocycles. The van der Waals surface area contributed by atoms with Crippen LogP contribution in [0.2, 0.25) is 0 Å². The zero-order valence-electron chi connectivity index (χ0n) is 14.4. The highest BCUT2D eigenvalue weighted by Gasteiger charge is 2.25. The molecule has 1 fully saturated rings. The lowest BCUT2D eigenvalue weighted by Crippen LogP contribution is -2.33. The van der Waals surface area contributed by atoms with Crippen LogP contribution in [0.1, 0.15) is 55.8 Å². The Morgan fingerprint density at radius 2 is 1.96 bits per heavy atom. The largest absolute Gasteiger partial charge is 0.353 e. The van der Waals surface area contributed by atoms with Gasteiger partial charge in [-0.15, -0.1) is 0 Å². The number of ether oxygens (including phenoxy) is 2. The van der Waals surface area contributed by atoms with E-state index < -0.39 is 0 Å². The Morgan fingerprint density at radius 1 is 1.12 bits per heavy atom. The summed E-state index contributed by atoms with van der Waals surface area (Å²) in [5.74, 6) is 0.153. The Bertz CT molecular complexity index is 680. The Labute approximate surface area is 144 Å². The second-order valence-electron chi connectivity index (χ2n) is 6.53. The van der Waals surface area contributed by atoms with Crippen molar-refractivity contribution in [1.29, 1.82) is 0 Å². The van der Waals surface area contributed by atoms with Crippen LogP contribution in [0.15, 0.2) is 42.5 Å². The molecule has 128 valence electrons. The lowest BCUT2D eigenvalue weighted by Gasteiger charge is -2.30. The highest BCUT2D eigenvalue weighted by molar-refractivity contribution is 6.00. The minimum absolute atomic E-state index is 0.0238. The van der Waals surface area contributed by atoms with Gasteiger partial charge in [0.15, 0.2) is 12.1 Å². The van der Waals surface area contributed by atoms with Crippen LogP contribution in [0.4, 0.5) is 0 Å². The van der Waals surface area contributed by atoms with E-state index in [1.807, 2.05) is 36.4 Å². The quantitative estimate of drug-likeness (QED) is 0.523. The molecule has 0 aliphatic carbocycles. The summed E-state index contributed by atoms with van der Waals surface area (Å²) >= 11 is 0. The van der Waals surface area contributed by atoms with Gasteiger partial charge in [-0.05, 0) is 36.1 Å². The predicted molar refractivity (Wildman–Crippen MR) is 96.3 cm³/mol. The maximum absolute atomic E-state index is 12.6. The summed E-state index contributed by atoms with van der Waals surface area (Å²) in [6, 6.07) is 14.0. The van der Waals surface area contributed by atoms with Crippen LogP contribution in [-0.2, 0) is 9.47 Å². The van der Waals surface area contributed by atoms with Gasteiger partial charge in [0.05, 0.1) is 12.7 Å². The summed E-state index contributed by atoms with van der Waals surface area (Å²) in [7, 11) is 0. The summed E-state index contributed by atoms with van der Waals surface area (Å²) in [4.78, 5) is 12.6. The standard InChI is InChI=1S/C21H26O3/c1-2-3-4-9-21-23-13-12-19(24-21)15-20(22)18-11-10-16-7-5-6-8-17(16)14-18/h5-8,10-11,14,19,21H,2-4,9,12-13,15H2,1H3/t19-,21-/m1/s1. The zero-order valence-corrected chi connectivity index (χ0v) is 14.4. The molecule has 1 heterocycles. The van der Waals surface area contributed by atoms with Crippen molar-refractivity contribution in [2.45, 2.75) is 57.8 Å². The summed E-state index contributed by atoms with van der Waals surface area (Å²) in [5.41, 5.74) is 0.770. The van der Waals surface area contributed by atoms with E-state index >= 15 is 0 Å². The van der Waals surface area contributed by atoms with Crippen molar-refractivity contribution in [3.63, 3.8) is 0 Å². The van der Waals surface area contributed by atoms with E-state index in [4.69, 9.17) is 9.47 Å². The SMILES string of the molecule is CCCCC[C@@H]1OCC[C@H](CC(=O)c2ccc3ccccc3c2)O1. The average Bonchev–Trinajstić information content (AvgIpc) is 2.62. The smallest absolute Gasteiger partial charge is 0.165 e. The van der Waals surface area contributed by atoms with Crippen molar-refractivity contribution in [2.75, 3.05) is 6.61 Å². The van der Waals surface area contributed by atoms with Gasteiger partial charge in [0, 0.05) is 12.0 Å². The van der Waals surface area contributed by atoms with Gasteiger partial charge in [-0.3, -0.25) is 4.79 Å². The molecule has 3 heteroatoms. The molecule has 2 aromatic rings. The van der Waals surface area contributed by atoms with Crippen LogP contribution in [0.25, 0.3) is 10.8 Å². The number of fused-ring (bicyclic) bond motifs is 1. The van der Waals surface area contributed by atoms with Gasteiger partial charge >= 0.3 is 0 Å². The van der Waals surface area contributed by atoms with Crippen molar-refractivity contribution in [3.8, 4) is 0 Å². The van der Waals surface area contributed by atoms with Gasteiger partial charge in [0.1, 0.15) is 0 Å². The topological polar surface area (TPSA) is 35.5 Å². The van der Waals surface area contributed by atoms with Crippen LogP contribution in [-0.4, -0.2) is 24.8 Å². The van der Waals surface area contributed by atoms with Crippen molar-refractivity contribution in [3.05, 3.63) is 48.0 Å². The summed E-state index contributed by atoms with van der Waals surface area (Å²) < 4.78 is 11.6. The van der Waals surface area contributed by atoms with E-state index in [1.54, 1.807) is 0 Å². The van der Waals surface area contributed by atoms with E-state index in [-0.39, 0.29) is 18.2 Å². The molecule has 0 radical (unpaired) electrons. The molecule has 24 heavy (non-hydrogen) atoms. The minimum atomic E-state index is -0.139. The molecule has 0 spiro atoms. The number of hydrogen-bond acceptors (Lipinski definition) is 3. The van der Waals surface area contributed by atoms with E-state index in [1.165, 1.54) is 12.8 Å². The number of carbonyl (C=O) groups excluding carboxylic acids is 1. The van der Waals surface area contributed by atoms with E-state index in [9.17, 15) is 4.79 Å². The minimum Gasteiger partial charge on any atom is -0.353 e. The van der Waals surface area contributed by atoms with E-state index in [0.29, 0.717) is 13.0 Å². The predicted octanol–water partition coefficient (Wildman–Crippen LogP) is 5.12. The molecule has 0 bridgehead atoms. The lowest BCUT2D eigenvalue weighted by molar-refractivity contribution is -0.213. The Hall–Kier alpha value is -1.71. The Kier molecular flexibility index (Phi) is 6.00. The van der Waals surface area contributed by atoms with Crippen LogP contribution < -0.4 is 0 Å². The molecule has 0 amide bonds. The first-order chi connectivity index (χ1) is 11.8. The Morgan fingerprint density at radius 3 is 2.79 bits per heavy atom. The number of ketones is 1. The fourth-order valence-corrected chi connectivity index (χ4v) is 3.20. The zero-order chi connectivity index (χ0) is 16.8. The normalized spacial score (nSPS) is 21.0. The summed E-state index contributed by atoms with van der Waals surface area (Å²) in [6.07, 6.45) is 5.50. The molecule has 1 aliphatic rings. The fraction of sp³-hybridized carbons (Fsp3) is 0.476. The second-order valence-corrected chi connectivity index (χ2v) is 6.53. The number of Topliss-reactive ketones (excluding diaryl/α,β-unsaturated/α-hetero) is 1. The van der Waals surface area contributed by atoms with Crippen molar-refractivity contribution >= 4 is 16.6 Å². The van der Waals surface area contributed by atoms with Crippen molar-refractivity contribution in [2.24, 2.45) is 0 Å². The summed E-state index contributed by atoms with van der Waals surface area (Å²) in [6.45, 7) is 2.88. The third kappa shape index (κ3) is 4.43. The number of rotatable bonds is 7. The van der Waals surface area contributed by atoms with Gasteiger partial charge < -0.3 is 9.47 Å². The first-order valence-electron chi connectivity index (χ1n) is 9.05. The van der Waals surface area contributed by atoms with Gasteiger partial charge in [0.25, 0.3) is 0 Å². The molecule has 3 nitrogen and oxygen atoms in total. The highest BCUT2D eigenvalue weighted by Crippen LogP contribution is 2.22. The molecule has 0 saturated carbocycles. The van der Waals surface area contributed by atoms with E-state index in [2.05, 4.69) is 13.0 Å². The van der Waals surface area contributed by atoms with Crippen molar-refractivity contribution < 1.29 is 14.3 Å². The molecule has 1 aliphatic heterocycles. The van der Waals surface area contributed by atoms with Gasteiger partial charge in [-0.2, -0.15) is 0 Å². The fourth-order valence-electron chi connectivity index (χ4n) is 3.20. The highest BCUT2D eigenvalue weighted by atomic mass is 16.7. The summed E-state index contributed by atoms with van der Waals surface area (Å²) in [5, 5.41) is 2.26.